The summed E-state index contributed by atoms with van der Waals surface area (Å²) in [5, 5.41) is 3.04. The zero-order valence-corrected chi connectivity index (χ0v) is 44.6. The highest BCUT2D eigenvalue weighted by Gasteiger charge is 2.30. The van der Waals surface area contributed by atoms with Crippen molar-refractivity contribution in [1.29, 1.82) is 0 Å². The fraction of sp³-hybridized carbons (Fsp3) is 0.891. The van der Waals surface area contributed by atoms with Crippen LogP contribution in [0.3, 0.4) is 0 Å². The van der Waals surface area contributed by atoms with E-state index in [9.17, 15) is 19.0 Å². The second kappa shape index (κ2) is 46.2. The molecule has 9 nitrogen and oxygen atoms in total. The molecule has 0 fully saturated rings. The molecular formula is C55H108N2O7P+. The number of amides is 1. The molecule has 0 aromatic rings. The third-order valence-electron chi connectivity index (χ3n) is 12.4. The molecule has 0 rings (SSSR count). The van der Waals surface area contributed by atoms with E-state index in [1.807, 2.05) is 33.3 Å². The topological polar surface area (TPSA) is 111 Å². The first-order valence-corrected chi connectivity index (χ1v) is 29.2. The number of unbranched alkanes of at least 4 members (excludes halogenated alkanes) is 32. The minimum Gasteiger partial charge on any atom is -0.456 e. The largest absolute Gasteiger partial charge is 0.472 e. The molecule has 0 radical (unpaired) electrons. The molecule has 0 aromatic heterocycles. The molecule has 384 valence electrons. The normalized spacial score (nSPS) is 14.0. The highest BCUT2D eigenvalue weighted by atomic mass is 31.2. The Morgan fingerprint density at radius 1 is 0.523 bits per heavy atom. The Kier molecular flexibility index (Phi) is 45.2. The van der Waals surface area contributed by atoms with E-state index in [2.05, 4.69) is 38.2 Å². The van der Waals surface area contributed by atoms with Crippen LogP contribution in [0, 0.1) is 0 Å². The van der Waals surface area contributed by atoms with Crippen molar-refractivity contribution in [2.75, 3.05) is 40.9 Å². The number of carbonyl (C=O) groups is 2. The molecule has 3 unspecified atom stereocenters. The van der Waals surface area contributed by atoms with Crippen molar-refractivity contribution < 1.29 is 37.3 Å². The number of phosphoric acid groups is 1. The third-order valence-corrected chi connectivity index (χ3v) is 13.4. The Hall–Kier alpha value is -1.51. The summed E-state index contributed by atoms with van der Waals surface area (Å²) in [6.45, 7) is 7.01. The van der Waals surface area contributed by atoms with E-state index in [1.165, 1.54) is 154 Å². The molecule has 1 amide bonds. The van der Waals surface area contributed by atoms with E-state index >= 15 is 0 Å². The number of phosphoric ester groups is 1. The lowest BCUT2D eigenvalue weighted by molar-refractivity contribution is -0.870. The Balaban J connectivity index is 5.36. The average molecular weight is 940 g/mol. The maximum atomic E-state index is 13.5. The molecule has 0 spiro atoms. The quantitative estimate of drug-likeness (QED) is 0.0205. The highest BCUT2D eigenvalue weighted by molar-refractivity contribution is 7.47. The monoisotopic (exact) mass is 940 g/mol. The number of esters is 1. The fourth-order valence-corrected chi connectivity index (χ4v) is 8.79. The fourth-order valence-electron chi connectivity index (χ4n) is 8.05. The third kappa shape index (κ3) is 47.4. The number of rotatable bonds is 50. The minimum absolute atomic E-state index is 0.0416. The Labute approximate surface area is 403 Å². The van der Waals surface area contributed by atoms with E-state index in [0.717, 1.165) is 77.0 Å². The zero-order chi connectivity index (χ0) is 48.0. The van der Waals surface area contributed by atoms with Gasteiger partial charge >= 0.3 is 13.8 Å². The molecule has 0 saturated heterocycles. The molecule has 0 aliphatic carbocycles. The van der Waals surface area contributed by atoms with Gasteiger partial charge < -0.3 is 19.4 Å². The van der Waals surface area contributed by atoms with Gasteiger partial charge in [-0.1, -0.05) is 219 Å². The number of hydrogen-bond acceptors (Lipinski definition) is 6. The van der Waals surface area contributed by atoms with Gasteiger partial charge in [-0.15, -0.1) is 0 Å². The predicted molar refractivity (Wildman–Crippen MR) is 277 cm³/mol. The van der Waals surface area contributed by atoms with Gasteiger partial charge in [0, 0.05) is 12.8 Å². The lowest BCUT2D eigenvalue weighted by Gasteiger charge is -2.27. The Bertz CT molecular complexity index is 1170. The molecule has 0 aliphatic heterocycles. The Morgan fingerprint density at radius 3 is 1.31 bits per heavy atom. The Morgan fingerprint density at radius 2 is 0.892 bits per heavy atom. The summed E-state index contributed by atoms with van der Waals surface area (Å²) < 4.78 is 30.5. The van der Waals surface area contributed by atoms with Gasteiger partial charge in [-0.2, -0.15) is 0 Å². The number of allylic oxidation sites excluding steroid dienone is 3. The van der Waals surface area contributed by atoms with Gasteiger partial charge in [0.2, 0.25) is 5.91 Å². The van der Waals surface area contributed by atoms with Crippen molar-refractivity contribution in [2.45, 2.75) is 277 Å². The van der Waals surface area contributed by atoms with Crippen LogP contribution in [0.5, 0.6) is 0 Å². The van der Waals surface area contributed by atoms with Gasteiger partial charge in [-0.3, -0.25) is 18.6 Å². The summed E-state index contributed by atoms with van der Waals surface area (Å²) in [6.07, 6.45) is 51.6. The first kappa shape index (κ1) is 63.5. The van der Waals surface area contributed by atoms with Crippen molar-refractivity contribution in [3.05, 3.63) is 24.3 Å². The molecule has 0 aromatic carbocycles. The van der Waals surface area contributed by atoms with E-state index < -0.39 is 20.0 Å². The summed E-state index contributed by atoms with van der Waals surface area (Å²) in [4.78, 5) is 37.4. The summed E-state index contributed by atoms with van der Waals surface area (Å²) in [5.41, 5.74) is 0. The van der Waals surface area contributed by atoms with Crippen molar-refractivity contribution >= 4 is 19.7 Å². The van der Waals surface area contributed by atoms with Crippen LogP contribution >= 0.6 is 7.82 Å². The smallest absolute Gasteiger partial charge is 0.456 e. The van der Waals surface area contributed by atoms with Crippen LogP contribution in [-0.4, -0.2) is 74.3 Å². The molecule has 0 heterocycles. The van der Waals surface area contributed by atoms with Gasteiger partial charge in [0.05, 0.1) is 33.8 Å². The standard InChI is InChI=1S/C55H107N2O7P/c1-7-10-13-16-19-22-25-27-28-29-30-33-35-38-41-44-47-54(58)56-52(51-63-65(60,61)62-50-49-57(4,5)6)53(46-43-40-37-34-32-26-23-20-17-14-11-8-2)64-55(59)48-45-42-39-36-31-24-21-18-15-12-9-3/h28-29,43,46,52-53H,7-27,30-42,44-45,47-51H2,1-6H3,(H-,56,58,60,61)/p+1/b29-28+,46-43-. The molecule has 65 heavy (non-hydrogen) atoms. The van der Waals surface area contributed by atoms with Crippen molar-refractivity contribution in [3.8, 4) is 0 Å². The first-order chi connectivity index (χ1) is 31.4. The van der Waals surface area contributed by atoms with E-state index in [4.69, 9.17) is 13.8 Å². The summed E-state index contributed by atoms with van der Waals surface area (Å²) in [6, 6.07) is -0.844. The number of likely N-dealkylation sites (N-methyl/N-ethyl adjacent to an activating group) is 1. The summed E-state index contributed by atoms with van der Waals surface area (Å²) in [5.74, 6) is -0.507. The minimum atomic E-state index is -4.43. The van der Waals surface area contributed by atoms with Crippen molar-refractivity contribution in [3.63, 3.8) is 0 Å². The lowest BCUT2D eigenvalue weighted by atomic mass is 10.0. The second-order valence-electron chi connectivity index (χ2n) is 20.1. The summed E-state index contributed by atoms with van der Waals surface area (Å²) >= 11 is 0. The lowest BCUT2D eigenvalue weighted by Crippen LogP contribution is -2.47. The van der Waals surface area contributed by atoms with E-state index in [1.54, 1.807) is 0 Å². The zero-order valence-electron chi connectivity index (χ0n) is 43.7. The SMILES string of the molecule is CCCCCCCCC/C=C/CCCCCCCC(=O)NC(COP(=O)(O)OCC[N+](C)(C)C)C(/C=C\CCCCCCCCCCCC)OC(=O)CCCCCCCCCCCCC. The molecular weight excluding hydrogens is 832 g/mol. The molecule has 3 atom stereocenters. The number of nitrogens with one attached hydrogen (secondary N) is 1. The summed E-state index contributed by atoms with van der Waals surface area (Å²) in [7, 11) is 1.50. The van der Waals surface area contributed by atoms with Gasteiger partial charge in [0.15, 0.2) is 0 Å². The van der Waals surface area contributed by atoms with Crippen LogP contribution in [0.15, 0.2) is 24.3 Å². The van der Waals surface area contributed by atoms with Crippen LogP contribution in [-0.2, 0) is 27.9 Å². The molecule has 10 heteroatoms. The van der Waals surface area contributed by atoms with Gasteiger partial charge in [-0.25, -0.2) is 4.57 Å². The van der Waals surface area contributed by atoms with Crippen molar-refractivity contribution in [2.24, 2.45) is 0 Å². The molecule has 0 bridgehead atoms. The average Bonchev–Trinajstić information content (AvgIpc) is 3.26. The predicted octanol–water partition coefficient (Wildman–Crippen LogP) is 16.2. The number of nitrogens with zero attached hydrogens (tertiary/aromatic N) is 1. The van der Waals surface area contributed by atoms with Gasteiger partial charge in [0.1, 0.15) is 19.3 Å². The number of ether oxygens (including phenoxy) is 1. The van der Waals surface area contributed by atoms with Gasteiger partial charge in [0.25, 0.3) is 0 Å². The first-order valence-electron chi connectivity index (χ1n) is 27.7. The van der Waals surface area contributed by atoms with E-state index in [-0.39, 0.29) is 25.1 Å². The molecule has 0 aliphatic rings. The van der Waals surface area contributed by atoms with Crippen molar-refractivity contribution in [1.82, 2.24) is 5.32 Å². The molecule has 0 saturated carbocycles. The van der Waals surface area contributed by atoms with Crippen LogP contribution in [0.25, 0.3) is 0 Å². The molecule has 2 N–H and O–H groups in total. The maximum absolute atomic E-state index is 13.5. The van der Waals surface area contributed by atoms with Crippen LogP contribution in [0.4, 0.5) is 0 Å². The maximum Gasteiger partial charge on any atom is 0.472 e. The van der Waals surface area contributed by atoms with Crippen LogP contribution in [0.2, 0.25) is 0 Å². The van der Waals surface area contributed by atoms with Crippen LogP contribution < -0.4 is 5.32 Å². The number of hydrogen-bond donors (Lipinski definition) is 2. The number of carbonyl (C=O) groups excluding carboxylic acids is 2. The van der Waals surface area contributed by atoms with E-state index in [0.29, 0.717) is 23.9 Å². The highest BCUT2D eigenvalue weighted by Crippen LogP contribution is 2.43. The van der Waals surface area contributed by atoms with Crippen LogP contribution in [0.1, 0.15) is 265 Å². The number of quaternary nitrogens is 1. The van der Waals surface area contributed by atoms with Gasteiger partial charge in [-0.05, 0) is 57.4 Å². The second-order valence-corrected chi connectivity index (χ2v) is 21.6.